The molecule has 0 fully saturated rings. The van der Waals surface area contributed by atoms with E-state index < -0.39 is 5.97 Å². The first-order valence-corrected chi connectivity index (χ1v) is 11.4. The van der Waals surface area contributed by atoms with Crippen molar-refractivity contribution in [1.82, 2.24) is 4.57 Å². The molecule has 0 amide bonds. The minimum Gasteiger partial charge on any atom is -0.481 e. The molecule has 0 bridgehead atoms. The minimum atomic E-state index is -0.735. The Hall–Kier alpha value is -3.59. The maximum Gasteiger partial charge on any atom is 0.303 e. The van der Waals surface area contributed by atoms with E-state index in [0.29, 0.717) is 6.42 Å². The van der Waals surface area contributed by atoms with E-state index in [1.54, 1.807) is 12.2 Å². The van der Waals surface area contributed by atoms with Gasteiger partial charge in [0.1, 0.15) is 0 Å². The van der Waals surface area contributed by atoms with Gasteiger partial charge in [0.05, 0.1) is 0 Å². The standard InChI is InChI=1S/C26H29NO2.C4H6/c1-4-19(3)25-18-23(21-11-7-6-8-12-21)24(5-2)27(25)22-16-14-20(15-17-22)10-9-13-26(28)29;1-3-4-2/h4,6-8,11-12,14-18H,5,9-10,13H2,1-3H3,(H,28,29);3-4H,1-2H2/b19-4+;. The van der Waals surface area contributed by atoms with Gasteiger partial charge in [-0.25, -0.2) is 0 Å². The van der Waals surface area contributed by atoms with Crippen molar-refractivity contribution in [2.45, 2.75) is 46.5 Å². The summed E-state index contributed by atoms with van der Waals surface area (Å²) in [6, 6.07) is 21.4. The van der Waals surface area contributed by atoms with E-state index in [-0.39, 0.29) is 6.42 Å². The predicted molar refractivity (Wildman–Crippen MR) is 141 cm³/mol. The molecule has 33 heavy (non-hydrogen) atoms. The summed E-state index contributed by atoms with van der Waals surface area (Å²) in [4.78, 5) is 10.7. The topological polar surface area (TPSA) is 42.2 Å². The molecule has 3 heteroatoms. The van der Waals surface area contributed by atoms with E-state index in [1.807, 2.05) is 6.07 Å². The average Bonchev–Trinajstić information content (AvgIpc) is 3.24. The number of carbonyl (C=O) groups is 1. The molecule has 0 atom stereocenters. The number of carboxylic acids is 1. The van der Waals surface area contributed by atoms with Gasteiger partial charge in [-0.2, -0.15) is 0 Å². The van der Waals surface area contributed by atoms with E-state index >= 15 is 0 Å². The molecule has 3 aromatic rings. The highest BCUT2D eigenvalue weighted by atomic mass is 16.4. The Kier molecular flexibility index (Phi) is 10.2. The quantitative estimate of drug-likeness (QED) is 0.343. The van der Waals surface area contributed by atoms with Crippen LogP contribution in [0.4, 0.5) is 0 Å². The monoisotopic (exact) mass is 441 g/mol. The van der Waals surface area contributed by atoms with Gasteiger partial charge in [-0.3, -0.25) is 4.79 Å². The van der Waals surface area contributed by atoms with Crippen LogP contribution in [0.2, 0.25) is 0 Å². The second-order valence-corrected chi connectivity index (χ2v) is 7.80. The van der Waals surface area contributed by atoms with Crippen LogP contribution in [-0.2, 0) is 17.6 Å². The molecule has 0 aliphatic carbocycles. The lowest BCUT2D eigenvalue weighted by molar-refractivity contribution is -0.137. The van der Waals surface area contributed by atoms with Gasteiger partial charge in [0.25, 0.3) is 0 Å². The van der Waals surface area contributed by atoms with Crippen molar-refractivity contribution >= 4 is 11.5 Å². The molecule has 0 saturated heterocycles. The molecule has 172 valence electrons. The SMILES string of the molecule is C/C=C(\C)c1cc(-c2ccccc2)c(CC)n1-c1ccc(CCCC(=O)O)cc1.C=CC=C. The van der Waals surface area contributed by atoms with Gasteiger partial charge in [0.15, 0.2) is 0 Å². The number of rotatable bonds is 9. The average molecular weight is 442 g/mol. The lowest BCUT2D eigenvalue weighted by Gasteiger charge is -2.15. The third kappa shape index (κ3) is 6.95. The molecule has 2 aromatic carbocycles. The Bertz CT molecular complexity index is 1080. The molecule has 0 spiro atoms. The van der Waals surface area contributed by atoms with Crippen molar-refractivity contribution in [2.24, 2.45) is 0 Å². The first-order chi connectivity index (χ1) is 16.0. The van der Waals surface area contributed by atoms with Gasteiger partial charge in [-0.15, -0.1) is 0 Å². The number of hydrogen-bond donors (Lipinski definition) is 1. The van der Waals surface area contributed by atoms with Crippen LogP contribution in [0.15, 0.2) is 92.0 Å². The first kappa shape index (κ1) is 25.7. The zero-order valence-electron chi connectivity index (χ0n) is 20.1. The summed E-state index contributed by atoms with van der Waals surface area (Å²) in [5.74, 6) is -0.735. The van der Waals surface area contributed by atoms with Gasteiger partial charge in [0, 0.05) is 29.1 Å². The van der Waals surface area contributed by atoms with Crippen LogP contribution < -0.4 is 0 Å². The zero-order chi connectivity index (χ0) is 24.2. The van der Waals surface area contributed by atoms with Crippen LogP contribution in [0.5, 0.6) is 0 Å². The fourth-order valence-electron chi connectivity index (χ4n) is 3.76. The van der Waals surface area contributed by atoms with Crippen LogP contribution in [0.3, 0.4) is 0 Å². The number of hydrogen-bond acceptors (Lipinski definition) is 1. The van der Waals surface area contributed by atoms with Crippen LogP contribution in [0.1, 0.15) is 50.6 Å². The van der Waals surface area contributed by atoms with Crippen molar-refractivity contribution in [3.8, 4) is 16.8 Å². The number of allylic oxidation sites excluding steroid dienone is 4. The number of aromatic nitrogens is 1. The van der Waals surface area contributed by atoms with E-state index in [2.05, 4.69) is 99.2 Å². The Balaban J connectivity index is 0.000000890. The summed E-state index contributed by atoms with van der Waals surface area (Å²) >= 11 is 0. The summed E-state index contributed by atoms with van der Waals surface area (Å²) in [5.41, 5.74) is 8.57. The number of nitrogens with zero attached hydrogens (tertiary/aromatic N) is 1. The molecule has 3 rings (SSSR count). The second-order valence-electron chi connectivity index (χ2n) is 7.80. The summed E-state index contributed by atoms with van der Waals surface area (Å²) in [7, 11) is 0. The normalized spacial score (nSPS) is 10.8. The molecule has 1 heterocycles. The van der Waals surface area contributed by atoms with Gasteiger partial charge < -0.3 is 9.67 Å². The third-order valence-corrected chi connectivity index (χ3v) is 5.58. The molecular formula is C30H35NO2. The summed E-state index contributed by atoms with van der Waals surface area (Å²) in [5, 5.41) is 8.84. The second kappa shape index (κ2) is 13.1. The Morgan fingerprint density at radius 3 is 2.18 bits per heavy atom. The molecule has 0 radical (unpaired) electrons. The summed E-state index contributed by atoms with van der Waals surface area (Å²) < 4.78 is 2.36. The highest BCUT2D eigenvalue weighted by molar-refractivity contribution is 5.75. The van der Waals surface area contributed by atoms with Gasteiger partial charge in [-0.1, -0.05) is 80.8 Å². The molecule has 1 aromatic heterocycles. The number of benzene rings is 2. The molecule has 0 aliphatic heterocycles. The molecule has 0 saturated carbocycles. The zero-order valence-corrected chi connectivity index (χ0v) is 20.1. The molecule has 0 aliphatic rings. The molecule has 3 nitrogen and oxygen atoms in total. The fourth-order valence-corrected chi connectivity index (χ4v) is 3.76. The van der Waals surface area contributed by atoms with E-state index in [4.69, 9.17) is 5.11 Å². The van der Waals surface area contributed by atoms with E-state index in [9.17, 15) is 4.79 Å². The number of aliphatic carboxylic acids is 1. The van der Waals surface area contributed by atoms with Crippen LogP contribution >= 0.6 is 0 Å². The lowest BCUT2D eigenvalue weighted by atomic mass is 10.0. The third-order valence-electron chi connectivity index (χ3n) is 5.58. The van der Waals surface area contributed by atoms with Gasteiger partial charge in [0.2, 0.25) is 0 Å². The van der Waals surface area contributed by atoms with Crippen molar-refractivity contribution in [3.63, 3.8) is 0 Å². The van der Waals surface area contributed by atoms with Crippen LogP contribution in [0.25, 0.3) is 22.4 Å². The van der Waals surface area contributed by atoms with Crippen LogP contribution in [0, 0.1) is 0 Å². The van der Waals surface area contributed by atoms with Crippen LogP contribution in [-0.4, -0.2) is 15.6 Å². The fraction of sp³-hybridized carbons (Fsp3) is 0.233. The predicted octanol–water partition coefficient (Wildman–Crippen LogP) is 7.90. The summed E-state index contributed by atoms with van der Waals surface area (Å²) in [6.07, 6.45) is 8.03. The van der Waals surface area contributed by atoms with Crippen molar-refractivity contribution < 1.29 is 9.90 Å². The molecular weight excluding hydrogens is 406 g/mol. The van der Waals surface area contributed by atoms with Gasteiger partial charge >= 0.3 is 5.97 Å². The molecule has 1 N–H and O–H groups in total. The van der Waals surface area contributed by atoms with Crippen molar-refractivity contribution in [2.75, 3.05) is 0 Å². The van der Waals surface area contributed by atoms with E-state index in [1.165, 1.54) is 33.7 Å². The number of aryl methyl sites for hydroxylation is 1. The first-order valence-electron chi connectivity index (χ1n) is 11.4. The maximum atomic E-state index is 10.7. The van der Waals surface area contributed by atoms with Crippen molar-refractivity contribution in [3.05, 3.63) is 109 Å². The highest BCUT2D eigenvalue weighted by Gasteiger charge is 2.17. The lowest BCUT2D eigenvalue weighted by Crippen LogP contribution is -2.04. The highest BCUT2D eigenvalue weighted by Crippen LogP contribution is 2.33. The Morgan fingerprint density at radius 2 is 1.67 bits per heavy atom. The Morgan fingerprint density at radius 1 is 1.03 bits per heavy atom. The van der Waals surface area contributed by atoms with Crippen molar-refractivity contribution in [1.29, 1.82) is 0 Å². The Labute approximate surface area is 198 Å². The smallest absolute Gasteiger partial charge is 0.303 e. The maximum absolute atomic E-state index is 10.7. The summed E-state index contributed by atoms with van der Waals surface area (Å²) in [6.45, 7) is 13.2. The largest absolute Gasteiger partial charge is 0.481 e. The molecule has 0 unspecified atom stereocenters. The van der Waals surface area contributed by atoms with Gasteiger partial charge in [-0.05, 0) is 68.0 Å². The minimum absolute atomic E-state index is 0.213. The van der Waals surface area contributed by atoms with E-state index in [0.717, 1.165) is 18.5 Å². The number of carboxylic acid groups (broad SMARTS) is 1.